The first-order valence-electron chi connectivity index (χ1n) is 6.58. The summed E-state index contributed by atoms with van der Waals surface area (Å²) in [7, 11) is 0. The first-order chi connectivity index (χ1) is 7.65. The molecule has 0 aliphatic carbocycles. The van der Waals surface area contributed by atoms with Gasteiger partial charge in [-0.1, -0.05) is 6.92 Å². The molecule has 3 atom stereocenters. The zero-order valence-corrected chi connectivity index (χ0v) is 10.6. The van der Waals surface area contributed by atoms with Crippen LogP contribution in [0.3, 0.4) is 0 Å². The number of likely N-dealkylation sites (tertiary alicyclic amines) is 1. The molecule has 3 unspecified atom stereocenters. The summed E-state index contributed by atoms with van der Waals surface area (Å²) in [5, 5.41) is 9.59. The normalized spacial score (nSPS) is 41.4. The number of aliphatic hydroxyl groups is 1. The van der Waals surface area contributed by atoms with Crippen LogP contribution < -0.4 is 0 Å². The third kappa shape index (κ3) is 2.58. The van der Waals surface area contributed by atoms with Gasteiger partial charge in [-0.05, 0) is 32.1 Å². The quantitative estimate of drug-likeness (QED) is 0.793. The standard InChI is InChI=1S/C13H25NO2/c1-11-3-4-12(2)14(7-11)8-13(9-15)5-6-16-10-13/h11-12,15H,3-10H2,1-2H3. The molecule has 2 fully saturated rings. The molecule has 0 bridgehead atoms. The minimum atomic E-state index is 0.0192. The van der Waals surface area contributed by atoms with Crippen molar-refractivity contribution < 1.29 is 9.84 Å². The fourth-order valence-corrected chi connectivity index (χ4v) is 2.98. The first kappa shape index (κ1) is 12.3. The van der Waals surface area contributed by atoms with Gasteiger partial charge in [-0.2, -0.15) is 0 Å². The highest BCUT2D eigenvalue weighted by molar-refractivity contribution is 4.89. The molecule has 2 aliphatic heterocycles. The van der Waals surface area contributed by atoms with E-state index in [2.05, 4.69) is 18.7 Å². The number of aliphatic hydroxyl groups excluding tert-OH is 1. The van der Waals surface area contributed by atoms with Crippen LogP contribution in [-0.4, -0.2) is 49.0 Å². The number of piperidine rings is 1. The van der Waals surface area contributed by atoms with Gasteiger partial charge in [-0.15, -0.1) is 0 Å². The van der Waals surface area contributed by atoms with Crippen molar-refractivity contribution in [2.75, 3.05) is 32.9 Å². The predicted octanol–water partition coefficient (Wildman–Crippen LogP) is 1.51. The molecule has 0 aromatic heterocycles. The Labute approximate surface area is 98.8 Å². The molecular weight excluding hydrogens is 202 g/mol. The molecule has 94 valence electrons. The highest BCUT2D eigenvalue weighted by atomic mass is 16.5. The molecule has 0 saturated carbocycles. The van der Waals surface area contributed by atoms with Crippen LogP contribution in [0, 0.1) is 11.3 Å². The Kier molecular flexibility index (Phi) is 3.88. The maximum Gasteiger partial charge on any atom is 0.0557 e. The summed E-state index contributed by atoms with van der Waals surface area (Å²) in [6.07, 6.45) is 3.66. The average Bonchev–Trinajstić information content (AvgIpc) is 2.73. The first-order valence-corrected chi connectivity index (χ1v) is 6.58. The summed E-state index contributed by atoms with van der Waals surface area (Å²) in [5.41, 5.74) is 0.0192. The van der Waals surface area contributed by atoms with E-state index in [-0.39, 0.29) is 12.0 Å². The van der Waals surface area contributed by atoms with E-state index in [0.29, 0.717) is 6.04 Å². The van der Waals surface area contributed by atoms with Crippen molar-refractivity contribution in [1.82, 2.24) is 4.90 Å². The summed E-state index contributed by atoms with van der Waals surface area (Å²) in [6.45, 7) is 8.66. The van der Waals surface area contributed by atoms with Crippen LogP contribution in [0.2, 0.25) is 0 Å². The van der Waals surface area contributed by atoms with E-state index in [1.807, 2.05) is 0 Å². The van der Waals surface area contributed by atoms with Crippen LogP contribution in [0.5, 0.6) is 0 Å². The molecule has 0 spiro atoms. The van der Waals surface area contributed by atoms with E-state index < -0.39 is 0 Å². The fourth-order valence-electron chi connectivity index (χ4n) is 2.98. The van der Waals surface area contributed by atoms with Crippen LogP contribution in [0.1, 0.15) is 33.1 Å². The monoisotopic (exact) mass is 227 g/mol. The molecule has 2 heterocycles. The third-order valence-corrected chi connectivity index (χ3v) is 4.31. The summed E-state index contributed by atoms with van der Waals surface area (Å²) in [4.78, 5) is 2.55. The molecule has 0 radical (unpaired) electrons. The molecule has 0 aromatic rings. The van der Waals surface area contributed by atoms with E-state index in [0.717, 1.165) is 32.1 Å². The van der Waals surface area contributed by atoms with Crippen LogP contribution in [-0.2, 0) is 4.74 Å². The van der Waals surface area contributed by atoms with E-state index in [1.54, 1.807) is 0 Å². The van der Waals surface area contributed by atoms with Gasteiger partial charge in [0.2, 0.25) is 0 Å². The lowest BCUT2D eigenvalue weighted by molar-refractivity contribution is 0.0230. The topological polar surface area (TPSA) is 32.7 Å². The highest BCUT2D eigenvalue weighted by Gasteiger charge is 2.38. The molecule has 2 rings (SSSR count). The van der Waals surface area contributed by atoms with Gasteiger partial charge >= 0.3 is 0 Å². The van der Waals surface area contributed by atoms with Gasteiger partial charge in [0, 0.05) is 31.2 Å². The molecule has 2 aliphatic rings. The molecule has 2 saturated heterocycles. The van der Waals surface area contributed by atoms with E-state index >= 15 is 0 Å². The average molecular weight is 227 g/mol. The van der Waals surface area contributed by atoms with Crippen molar-refractivity contribution in [3.8, 4) is 0 Å². The van der Waals surface area contributed by atoms with Crippen molar-refractivity contribution in [3.05, 3.63) is 0 Å². The van der Waals surface area contributed by atoms with Crippen LogP contribution >= 0.6 is 0 Å². The van der Waals surface area contributed by atoms with Gasteiger partial charge in [-0.25, -0.2) is 0 Å². The smallest absolute Gasteiger partial charge is 0.0557 e. The Bertz CT molecular complexity index is 226. The molecule has 3 nitrogen and oxygen atoms in total. The second-order valence-electron chi connectivity index (χ2n) is 5.92. The Morgan fingerprint density at radius 2 is 2.19 bits per heavy atom. The minimum absolute atomic E-state index is 0.0192. The van der Waals surface area contributed by atoms with Crippen molar-refractivity contribution >= 4 is 0 Å². The Morgan fingerprint density at radius 3 is 2.81 bits per heavy atom. The van der Waals surface area contributed by atoms with Gasteiger partial charge < -0.3 is 9.84 Å². The van der Waals surface area contributed by atoms with Crippen LogP contribution in [0.25, 0.3) is 0 Å². The van der Waals surface area contributed by atoms with Gasteiger partial charge in [0.1, 0.15) is 0 Å². The van der Waals surface area contributed by atoms with Gasteiger partial charge in [0.05, 0.1) is 13.2 Å². The second kappa shape index (κ2) is 5.03. The summed E-state index contributed by atoms with van der Waals surface area (Å²) in [6, 6.07) is 0.667. The van der Waals surface area contributed by atoms with Crippen LogP contribution in [0.4, 0.5) is 0 Å². The second-order valence-corrected chi connectivity index (χ2v) is 5.92. The molecular formula is C13H25NO2. The Hall–Kier alpha value is -0.120. The van der Waals surface area contributed by atoms with Crippen LogP contribution in [0.15, 0.2) is 0 Å². The highest BCUT2D eigenvalue weighted by Crippen LogP contribution is 2.32. The van der Waals surface area contributed by atoms with Gasteiger partial charge in [0.15, 0.2) is 0 Å². The number of hydrogen-bond acceptors (Lipinski definition) is 3. The predicted molar refractivity (Wildman–Crippen MR) is 64.4 cm³/mol. The SMILES string of the molecule is CC1CCC(C)N(CC2(CO)CCOC2)C1. The summed E-state index contributed by atoms with van der Waals surface area (Å²) < 4.78 is 5.47. The van der Waals surface area contributed by atoms with E-state index in [1.165, 1.54) is 19.4 Å². The zero-order valence-electron chi connectivity index (χ0n) is 10.6. The minimum Gasteiger partial charge on any atom is -0.396 e. The number of hydrogen-bond donors (Lipinski definition) is 1. The molecule has 3 heteroatoms. The lowest BCUT2D eigenvalue weighted by Gasteiger charge is -2.41. The molecule has 16 heavy (non-hydrogen) atoms. The van der Waals surface area contributed by atoms with Crippen molar-refractivity contribution in [3.63, 3.8) is 0 Å². The molecule has 1 N–H and O–H groups in total. The maximum atomic E-state index is 9.59. The maximum absolute atomic E-state index is 9.59. The summed E-state index contributed by atoms with van der Waals surface area (Å²) >= 11 is 0. The van der Waals surface area contributed by atoms with Crippen molar-refractivity contribution in [2.24, 2.45) is 11.3 Å². The number of rotatable bonds is 3. The molecule has 0 aromatic carbocycles. The van der Waals surface area contributed by atoms with Crippen molar-refractivity contribution in [2.45, 2.75) is 39.2 Å². The van der Waals surface area contributed by atoms with E-state index in [9.17, 15) is 5.11 Å². The number of ether oxygens (including phenoxy) is 1. The Balaban J connectivity index is 1.96. The summed E-state index contributed by atoms with van der Waals surface area (Å²) in [5.74, 6) is 0.800. The zero-order chi connectivity index (χ0) is 11.6. The third-order valence-electron chi connectivity index (χ3n) is 4.31. The lowest BCUT2D eigenvalue weighted by Crippen LogP contribution is -2.48. The number of nitrogens with zero attached hydrogens (tertiary/aromatic N) is 1. The van der Waals surface area contributed by atoms with Gasteiger partial charge in [-0.3, -0.25) is 4.90 Å². The lowest BCUT2D eigenvalue weighted by atomic mass is 9.85. The van der Waals surface area contributed by atoms with Gasteiger partial charge in [0.25, 0.3) is 0 Å². The van der Waals surface area contributed by atoms with E-state index in [4.69, 9.17) is 4.74 Å². The van der Waals surface area contributed by atoms with Crippen molar-refractivity contribution in [1.29, 1.82) is 0 Å². The Morgan fingerprint density at radius 1 is 1.38 bits per heavy atom. The molecule has 0 amide bonds. The fraction of sp³-hybridized carbons (Fsp3) is 1.00. The largest absolute Gasteiger partial charge is 0.396 e.